The predicted molar refractivity (Wildman–Crippen MR) is 82.1 cm³/mol. The fourth-order valence-corrected chi connectivity index (χ4v) is 4.55. The van der Waals surface area contributed by atoms with E-state index in [1.165, 1.54) is 18.6 Å². The Balaban J connectivity index is 1.98. The first-order valence-corrected chi connectivity index (χ1v) is 8.87. The Labute approximate surface area is 126 Å². The molecule has 20 heavy (non-hydrogen) atoms. The standard InChI is InChI=1S/C15H27NO3S/c1-3-7-16(12-14(17)18-2)13-4-8-19-15(11-13)5-9-20-10-6-15/h13H,3-12H2,1-2H3. The number of thioether (sulfide) groups is 1. The van der Waals surface area contributed by atoms with Crippen LogP contribution < -0.4 is 0 Å². The minimum atomic E-state index is -0.127. The average Bonchev–Trinajstić information content (AvgIpc) is 2.47. The van der Waals surface area contributed by atoms with E-state index >= 15 is 0 Å². The third-order valence-electron chi connectivity index (χ3n) is 4.46. The van der Waals surface area contributed by atoms with Gasteiger partial charge in [-0.3, -0.25) is 9.69 Å². The van der Waals surface area contributed by atoms with Crippen molar-refractivity contribution >= 4 is 17.7 Å². The van der Waals surface area contributed by atoms with E-state index in [-0.39, 0.29) is 11.6 Å². The third-order valence-corrected chi connectivity index (χ3v) is 5.44. The Morgan fingerprint density at radius 1 is 1.45 bits per heavy atom. The van der Waals surface area contributed by atoms with Crippen molar-refractivity contribution in [1.82, 2.24) is 4.90 Å². The molecule has 0 N–H and O–H groups in total. The van der Waals surface area contributed by atoms with Gasteiger partial charge in [0.2, 0.25) is 0 Å². The highest BCUT2D eigenvalue weighted by Crippen LogP contribution is 2.38. The zero-order valence-electron chi connectivity index (χ0n) is 12.7. The summed E-state index contributed by atoms with van der Waals surface area (Å²) >= 11 is 2.03. The van der Waals surface area contributed by atoms with Gasteiger partial charge in [-0.1, -0.05) is 6.92 Å². The maximum atomic E-state index is 11.6. The van der Waals surface area contributed by atoms with E-state index in [9.17, 15) is 4.79 Å². The number of carbonyl (C=O) groups excluding carboxylic acids is 1. The molecule has 2 heterocycles. The maximum absolute atomic E-state index is 11.6. The summed E-state index contributed by atoms with van der Waals surface area (Å²) < 4.78 is 11.0. The van der Waals surface area contributed by atoms with Crippen LogP contribution in [-0.2, 0) is 14.3 Å². The molecule has 2 fully saturated rings. The van der Waals surface area contributed by atoms with E-state index in [0.29, 0.717) is 12.6 Å². The van der Waals surface area contributed by atoms with Crippen molar-refractivity contribution in [2.75, 3.05) is 38.3 Å². The fourth-order valence-electron chi connectivity index (χ4n) is 3.31. The Bertz CT molecular complexity index is 313. The normalized spacial score (nSPS) is 25.9. The van der Waals surface area contributed by atoms with Gasteiger partial charge in [0.25, 0.3) is 0 Å². The fraction of sp³-hybridized carbons (Fsp3) is 0.933. The van der Waals surface area contributed by atoms with Gasteiger partial charge in [0.1, 0.15) is 0 Å². The Kier molecular flexibility index (Phi) is 6.18. The van der Waals surface area contributed by atoms with Crippen LogP contribution in [0.1, 0.15) is 39.0 Å². The summed E-state index contributed by atoms with van der Waals surface area (Å²) in [4.78, 5) is 13.9. The molecule has 1 atom stereocenters. The molecule has 0 saturated carbocycles. The number of rotatable bonds is 5. The average molecular weight is 301 g/mol. The van der Waals surface area contributed by atoms with Crippen molar-refractivity contribution in [3.05, 3.63) is 0 Å². The minimum absolute atomic E-state index is 0.0796. The first-order chi connectivity index (χ1) is 9.69. The SMILES string of the molecule is CCCN(CC(=O)OC)C1CCOC2(CCSCC2)C1. The van der Waals surface area contributed by atoms with E-state index in [1.54, 1.807) is 0 Å². The quantitative estimate of drug-likeness (QED) is 0.729. The van der Waals surface area contributed by atoms with E-state index in [0.717, 1.165) is 45.3 Å². The van der Waals surface area contributed by atoms with E-state index < -0.39 is 0 Å². The van der Waals surface area contributed by atoms with Gasteiger partial charge in [0.15, 0.2) is 0 Å². The van der Waals surface area contributed by atoms with Crippen LogP contribution in [0, 0.1) is 0 Å². The Morgan fingerprint density at radius 2 is 2.20 bits per heavy atom. The second-order valence-electron chi connectivity index (χ2n) is 5.84. The lowest BCUT2D eigenvalue weighted by molar-refractivity contribution is -0.146. The third kappa shape index (κ3) is 4.12. The molecule has 0 aromatic rings. The molecule has 2 rings (SSSR count). The van der Waals surface area contributed by atoms with Crippen molar-refractivity contribution in [3.63, 3.8) is 0 Å². The van der Waals surface area contributed by atoms with Crippen molar-refractivity contribution in [1.29, 1.82) is 0 Å². The molecule has 2 saturated heterocycles. The van der Waals surface area contributed by atoms with Gasteiger partial charge >= 0.3 is 5.97 Å². The Hall–Kier alpha value is -0.260. The first kappa shape index (κ1) is 16.1. The monoisotopic (exact) mass is 301 g/mol. The molecule has 0 amide bonds. The van der Waals surface area contributed by atoms with Gasteiger partial charge in [-0.05, 0) is 50.2 Å². The lowest BCUT2D eigenvalue weighted by Gasteiger charge is -2.46. The van der Waals surface area contributed by atoms with Gasteiger partial charge in [-0.2, -0.15) is 11.8 Å². The van der Waals surface area contributed by atoms with Crippen molar-refractivity contribution in [2.45, 2.75) is 50.7 Å². The van der Waals surface area contributed by atoms with Gasteiger partial charge in [-0.25, -0.2) is 0 Å². The molecule has 0 aromatic heterocycles. The van der Waals surface area contributed by atoms with Crippen LogP contribution >= 0.6 is 11.8 Å². The summed E-state index contributed by atoms with van der Waals surface area (Å²) in [5.74, 6) is 2.29. The summed E-state index contributed by atoms with van der Waals surface area (Å²) in [5, 5.41) is 0. The number of ether oxygens (including phenoxy) is 2. The summed E-state index contributed by atoms with van der Waals surface area (Å²) in [6.45, 7) is 4.37. The van der Waals surface area contributed by atoms with E-state index in [1.807, 2.05) is 11.8 Å². The molecule has 4 nitrogen and oxygen atoms in total. The molecule has 1 spiro atoms. The zero-order valence-corrected chi connectivity index (χ0v) is 13.5. The number of carbonyl (C=O) groups is 1. The molecule has 0 bridgehead atoms. The number of methoxy groups -OCH3 is 1. The van der Waals surface area contributed by atoms with Gasteiger partial charge < -0.3 is 9.47 Å². The van der Waals surface area contributed by atoms with Crippen molar-refractivity contribution < 1.29 is 14.3 Å². The van der Waals surface area contributed by atoms with Gasteiger partial charge in [0, 0.05) is 12.6 Å². The molecule has 5 heteroatoms. The number of esters is 1. The van der Waals surface area contributed by atoms with Gasteiger partial charge in [0.05, 0.1) is 19.3 Å². The number of hydrogen-bond donors (Lipinski definition) is 0. The lowest BCUT2D eigenvalue weighted by atomic mass is 9.84. The molecule has 0 aliphatic carbocycles. The maximum Gasteiger partial charge on any atom is 0.319 e. The molecule has 116 valence electrons. The van der Waals surface area contributed by atoms with Crippen LogP contribution in [0.25, 0.3) is 0 Å². The lowest BCUT2D eigenvalue weighted by Crippen LogP contribution is -2.51. The molecule has 0 radical (unpaired) electrons. The number of hydrogen-bond acceptors (Lipinski definition) is 5. The van der Waals surface area contributed by atoms with Crippen LogP contribution in [-0.4, -0.2) is 60.8 Å². The predicted octanol–water partition coefficient (Wildman–Crippen LogP) is 2.32. The summed E-state index contributed by atoms with van der Waals surface area (Å²) in [6, 6.07) is 0.464. The minimum Gasteiger partial charge on any atom is -0.468 e. The van der Waals surface area contributed by atoms with Crippen molar-refractivity contribution in [3.8, 4) is 0 Å². The highest BCUT2D eigenvalue weighted by molar-refractivity contribution is 7.99. The summed E-state index contributed by atoms with van der Waals surface area (Å²) in [6.07, 6.45) is 5.49. The topological polar surface area (TPSA) is 38.8 Å². The smallest absolute Gasteiger partial charge is 0.319 e. The summed E-state index contributed by atoms with van der Waals surface area (Å²) in [5.41, 5.74) is 0.0796. The van der Waals surface area contributed by atoms with Gasteiger partial charge in [-0.15, -0.1) is 0 Å². The van der Waals surface area contributed by atoms with Crippen molar-refractivity contribution in [2.24, 2.45) is 0 Å². The zero-order chi connectivity index (χ0) is 14.4. The first-order valence-electron chi connectivity index (χ1n) is 7.72. The molecule has 2 aliphatic rings. The molecule has 0 aromatic carbocycles. The molecule has 2 aliphatic heterocycles. The van der Waals surface area contributed by atoms with Crippen LogP contribution in [0.4, 0.5) is 0 Å². The highest BCUT2D eigenvalue weighted by Gasteiger charge is 2.40. The molecular formula is C15H27NO3S. The largest absolute Gasteiger partial charge is 0.468 e. The van der Waals surface area contributed by atoms with Crippen LogP contribution in [0.5, 0.6) is 0 Å². The number of nitrogens with zero attached hydrogens (tertiary/aromatic N) is 1. The van der Waals surface area contributed by atoms with E-state index in [4.69, 9.17) is 9.47 Å². The van der Waals surface area contributed by atoms with Crippen LogP contribution in [0.2, 0.25) is 0 Å². The van der Waals surface area contributed by atoms with Crippen LogP contribution in [0.15, 0.2) is 0 Å². The summed E-state index contributed by atoms with van der Waals surface area (Å²) in [7, 11) is 1.47. The molecule has 1 unspecified atom stereocenters. The molecular weight excluding hydrogens is 274 g/mol. The second kappa shape index (κ2) is 7.66. The highest BCUT2D eigenvalue weighted by atomic mass is 32.2. The Morgan fingerprint density at radius 3 is 2.85 bits per heavy atom. The van der Waals surface area contributed by atoms with E-state index in [2.05, 4.69) is 11.8 Å². The second-order valence-corrected chi connectivity index (χ2v) is 7.06. The van der Waals surface area contributed by atoms with Crippen LogP contribution in [0.3, 0.4) is 0 Å².